The molecule has 0 fully saturated rings. The van der Waals surface area contributed by atoms with Crippen molar-refractivity contribution in [1.82, 2.24) is 19.9 Å². The first kappa shape index (κ1) is 21.8. The lowest BCUT2D eigenvalue weighted by Crippen LogP contribution is -2.25. The van der Waals surface area contributed by atoms with Gasteiger partial charge in [0.15, 0.2) is 5.65 Å². The first-order valence-corrected chi connectivity index (χ1v) is 11.6. The fourth-order valence-corrected chi connectivity index (χ4v) is 4.08. The predicted molar refractivity (Wildman–Crippen MR) is 131 cm³/mol. The van der Waals surface area contributed by atoms with E-state index in [0.717, 1.165) is 36.0 Å². The molecule has 32 heavy (non-hydrogen) atoms. The Hall–Kier alpha value is -3.41. The van der Waals surface area contributed by atoms with Crippen LogP contribution in [0.4, 0.5) is 5.82 Å². The van der Waals surface area contributed by atoms with Crippen LogP contribution in [0.25, 0.3) is 27.9 Å². The van der Waals surface area contributed by atoms with Crippen molar-refractivity contribution in [2.24, 2.45) is 0 Å². The van der Waals surface area contributed by atoms with E-state index in [4.69, 9.17) is 15.7 Å². The van der Waals surface area contributed by atoms with Gasteiger partial charge in [-0.3, -0.25) is 9.36 Å². The summed E-state index contributed by atoms with van der Waals surface area (Å²) in [7, 11) is 0. The van der Waals surface area contributed by atoms with Gasteiger partial charge in [-0.1, -0.05) is 63.8 Å². The van der Waals surface area contributed by atoms with Crippen LogP contribution >= 0.6 is 0 Å². The number of rotatable bonds is 9. The highest BCUT2D eigenvalue weighted by Gasteiger charge is 2.24. The molecule has 0 radical (unpaired) electrons. The molecule has 0 saturated carbocycles. The van der Waals surface area contributed by atoms with E-state index in [1.54, 1.807) is 0 Å². The molecule has 1 amide bonds. The maximum Gasteiger partial charge on any atom is 0.257 e. The monoisotopic (exact) mass is 429 g/mol. The zero-order valence-corrected chi connectivity index (χ0v) is 18.9. The van der Waals surface area contributed by atoms with Crippen LogP contribution in [-0.2, 0) is 6.42 Å². The van der Waals surface area contributed by atoms with Gasteiger partial charge < -0.3 is 11.1 Å². The summed E-state index contributed by atoms with van der Waals surface area (Å²) < 4.78 is 1.85. The van der Waals surface area contributed by atoms with Gasteiger partial charge in [0, 0.05) is 12.2 Å². The van der Waals surface area contributed by atoms with Crippen LogP contribution in [0.1, 0.15) is 61.9 Å². The number of hydrogen-bond donors (Lipinski definition) is 2. The Morgan fingerprint density at radius 1 is 0.969 bits per heavy atom. The minimum atomic E-state index is -0.196. The van der Waals surface area contributed by atoms with Gasteiger partial charge >= 0.3 is 0 Å². The summed E-state index contributed by atoms with van der Waals surface area (Å²) in [6, 6.07) is 15.8. The van der Waals surface area contributed by atoms with Crippen LogP contribution in [0.2, 0.25) is 0 Å². The number of amides is 1. The zero-order valence-electron chi connectivity index (χ0n) is 18.9. The van der Waals surface area contributed by atoms with Crippen LogP contribution in [-0.4, -0.2) is 27.0 Å². The Balaban J connectivity index is 1.77. The van der Waals surface area contributed by atoms with Crippen molar-refractivity contribution in [3.8, 4) is 5.69 Å². The number of para-hydroxylation sites is 2. The van der Waals surface area contributed by atoms with Crippen molar-refractivity contribution in [3.05, 3.63) is 59.7 Å². The molecule has 4 aromatic rings. The van der Waals surface area contributed by atoms with Crippen LogP contribution in [0.15, 0.2) is 48.5 Å². The van der Waals surface area contributed by atoms with Crippen molar-refractivity contribution >= 4 is 33.9 Å². The van der Waals surface area contributed by atoms with E-state index in [9.17, 15) is 4.79 Å². The molecular formula is C26H31N5O. The van der Waals surface area contributed by atoms with Crippen LogP contribution in [0, 0.1) is 0 Å². The quantitative estimate of drug-likeness (QED) is 0.348. The largest absolute Gasteiger partial charge is 0.384 e. The molecule has 0 aliphatic heterocycles. The van der Waals surface area contributed by atoms with Gasteiger partial charge in [-0.05, 0) is 42.7 Å². The van der Waals surface area contributed by atoms with Gasteiger partial charge in [0.25, 0.3) is 5.91 Å². The van der Waals surface area contributed by atoms with Gasteiger partial charge in [-0.25, -0.2) is 9.97 Å². The summed E-state index contributed by atoms with van der Waals surface area (Å²) in [6.07, 6.45) is 6.60. The average molecular weight is 430 g/mol. The van der Waals surface area contributed by atoms with Gasteiger partial charge in [0.1, 0.15) is 16.9 Å². The van der Waals surface area contributed by atoms with Crippen molar-refractivity contribution in [1.29, 1.82) is 0 Å². The number of aromatic nitrogens is 3. The summed E-state index contributed by atoms with van der Waals surface area (Å²) in [6.45, 7) is 4.94. The van der Waals surface area contributed by atoms with Crippen LogP contribution in [0.5, 0.6) is 0 Å². The number of fused-ring (bicyclic) bond motifs is 2. The summed E-state index contributed by atoms with van der Waals surface area (Å²) >= 11 is 0. The molecular weight excluding hydrogens is 398 g/mol. The molecule has 0 aliphatic rings. The number of aryl methyl sites for hydroxylation is 1. The van der Waals surface area contributed by atoms with Gasteiger partial charge in [-0.2, -0.15) is 0 Å². The minimum Gasteiger partial charge on any atom is -0.384 e. The fraction of sp³-hybridized carbons (Fsp3) is 0.346. The molecule has 4 rings (SSSR count). The molecule has 0 saturated heterocycles. The number of anilines is 1. The molecule has 0 bridgehead atoms. The second-order valence-corrected chi connectivity index (χ2v) is 8.17. The Morgan fingerprint density at radius 2 is 1.72 bits per heavy atom. The van der Waals surface area contributed by atoms with Gasteiger partial charge in [-0.15, -0.1) is 0 Å². The Morgan fingerprint density at radius 3 is 2.47 bits per heavy atom. The number of carbonyl (C=O) groups is 1. The fourth-order valence-electron chi connectivity index (χ4n) is 4.08. The maximum atomic E-state index is 13.2. The third kappa shape index (κ3) is 4.31. The molecule has 0 atom stereocenters. The molecule has 166 valence electrons. The summed E-state index contributed by atoms with van der Waals surface area (Å²) in [5.74, 6) is 0.171. The Labute approximate surface area is 188 Å². The molecule has 0 unspecified atom stereocenters. The molecule has 0 spiro atoms. The van der Waals surface area contributed by atoms with E-state index < -0.39 is 0 Å². The lowest BCUT2D eigenvalue weighted by atomic mass is 10.1. The summed E-state index contributed by atoms with van der Waals surface area (Å²) in [5.41, 5.74) is 11.7. The smallest absolute Gasteiger partial charge is 0.257 e. The predicted octanol–water partition coefficient (Wildman–Crippen LogP) is 5.42. The van der Waals surface area contributed by atoms with Gasteiger partial charge in [0.2, 0.25) is 0 Å². The third-order valence-electron chi connectivity index (χ3n) is 5.87. The topological polar surface area (TPSA) is 85.8 Å². The van der Waals surface area contributed by atoms with E-state index in [0.29, 0.717) is 29.1 Å². The number of unbranched alkanes of at least 4 members (excludes halogenated alkanes) is 4. The van der Waals surface area contributed by atoms with E-state index in [1.165, 1.54) is 24.8 Å². The Kier molecular flexibility index (Phi) is 6.69. The second kappa shape index (κ2) is 9.81. The van der Waals surface area contributed by atoms with Crippen molar-refractivity contribution < 1.29 is 4.79 Å². The highest BCUT2D eigenvalue weighted by Crippen LogP contribution is 2.31. The highest BCUT2D eigenvalue weighted by molar-refractivity contribution is 6.11. The molecule has 2 aromatic heterocycles. The van der Waals surface area contributed by atoms with Crippen molar-refractivity contribution in [2.45, 2.75) is 52.4 Å². The normalized spacial score (nSPS) is 11.3. The molecule has 0 aliphatic carbocycles. The third-order valence-corrected chi connectivity index (χ3v) is 5.87. The van der Waals surface area contributed by atoms with Crippen LogP contribution < -0.4 is 11.1 Å². The number of nitrogens with one attached hydrogen (secondary N) is 1. The molecule has 2 heterocycles. The van der Waals surface area contributed by atoms with Crippen LogP contribution in [0.3, 0.4) is 0 Å². The van der Waals surface area contributed by atoms with E-state index >= 15 is 0 Å². The van der Waals surface area contributed by atoms with E-state index in [-0.39, 0.29) is 5.91 Å². The molecule has 6 heteroatoms. The number of nitrogen functional groups attached to an aromatic ring is 1. The lowest BCUT2D eigenvalue weighted by Gasteiger charge is -2.09. The summed E-state index contributed by atoms with van der Waals surface area (Å²) in [5, 5.41) is 3.04. The number of nitrogens with zero attached hydrogens (tertiary/aromatic N) is 3. The SMILES string of the molecule is CCCCCCCNC(=O)c1c(N)n(-c2cccc(CC)c2)c2nc3ccccc3nc12. The maximum absolute atomic E-state index is 13.2. The highest BCUT2D eigenvalue weighted by atomic mass is 16.1. The number of nitrogens with two attached hydrogens (primary N) is 1. The second-order valence-electron chi connectivity index (χ2n) is 8.17. The van der Waals surface area contributed by atoms with Crippen molar-refractivity contribution in [3.63, 3.8) is 0 Å². The lowest BCUT2D eigenvalue weighted by molar-refractivity contribution is 0.0955. The Bertz CT molecular complexity index is 1240. The molecule has 6 nitrogen and oxygen atoms in total. The average Bonchev–Trinajstić information content (AvgIpc) is 3.10. The number of carbonyl (C=O) groups excluding carboxylic acids is 1. The zero-order chi connectivity index (χ0) is 22.5. The van der Waals surface area contributed by atoms with Crippen molar-refractivity contribution in [2.75, 3.05) is 12.3 Å². The molecule has 3 N–H and O–H groups in total. The first-order valence-electron chi connectivity index (χ1n) is 11.6. The van der Waals surface area contributed by atoms with E-state index in [2.05, 4.69) is 31.3 Å². The first-order chi connectivity index (χ1) is 15.6. The standard InChI is InChI=1S/C26H31N5O/c1-3-5-6-7-10-16-28-26(32)22-23-25(30-21-15-9-8-14-20(21)29-23)31(24(22)27)19-13-11-12-18(4-2)17-19/h8-9,11-15,17H,3-7,10,16,27H2,1-2H3,(H,28,32). The van der Waals surface area contributed by atoms with E-state index in [1.807, 2.05) is 41.0 Å². The number of hydrogen-bond acceptors (Lipinski definition) is 4. The number of benzene rings is 2. The minimum absolute atomic E-state index is 0.196. The molecule has 2 aromatic carbocycles. The summed E-state index contributed by atoms with van der Waals surface area (Å²) in [4.78, 5) is 22.8. The van der Waals surface area contributed by atoms with Gasteiger partial charge in [0.05, 0.1) is 11.0 Å².